The van der Waals surface area contributed by atoms with Crippen LogP contribution in [0.4, 0.5) is 0 Å². The Kier molecular flexibility index (Phi) is 7.39. The fourth-order valence-electron chi connectivity index (χ4n) is 1.37. The third-order valence-electron chi connectivity index (χ3n) is 2.35. The lowest BCUT2D eigenvalue weighted by atomic mass is 9.90. The van der Waals surface area contributed by atoms with E-state index in [1.54, 1.807) is 0 Å². The molecule has 0 saturated carbocycles. The van der Waals surface area contributed by atoms with E-state index in [1.807, 2.05) is 13.8 Å². The van der Waals surface area contributed by atoms with Gasteiger partial charge >= 0.3 is 0 Å². The lowest BCUT2D eigenvalue weighted by Gasteiger charge is -2.17. The van der Waals surface area contributed by atoms with E-state index >= 15 is 0 Å². The van der Waals surface area contributed by atoms with Crippen LogP contribution >= 0.6 is 0 Å². The Morgan fingerprint density at radius 3 is 2.31 bits per heavy atom. The van der Waals surface area contributed by atoms with E-state index in [2.05, 4.69) is 31.4 Å². The van der Waals surface area contributed by atoms with Crippen LogP contribution in [0.3, 0.4) is 0 Å². The van der Waals surface area contributed by atoms with Crippen molar-refractivity contribution >= 4 is 5.91 Å². The second-order valence-corrected chi connectivity index (χ2v) is 5.90. The van der Waals surface area contributed by atoms with Gasteiger partial charge in [-0.1, -0.05) is 41.0 Å². The highest BCUT2D eigenvalue weighted by atomic mass is 16.1. The lowest BCUT2D eigenvalue weighted by molar-refractivity contribution is -0.120. The number of hydrogen-bond donors (Lipinski definition) is 2. The molecule has 0 atom stereocenters. The van der Waals surface area contributed by atoms with Crippen molar-refractivity contribution in [3.05, 3.63) is 0 Å². The number of nitrogens with one attached hydrogen (secondary N) is 2. The molecule has 0 bridgehead atoms. The van der Waals surface area contributed by atoms with Gasteiger partial charge in [0.15, 0.2) is 0 Å². The first-order chi connectivity index (χ1) is 7.31. The molecule has 0 aromatic heterocycles. The Bertz CT molecular complexity index is 195. The number of rotatable bonds is 7. The molecule has 0 aromatic carbocycles. The van der Waals surface area contributed by atoms with E-state index < -0.39 is 0 Å². The smallest absolute Gasteiger partial charge is 0.233 e. The summed E-state index contributed by atoms with van der Waals surface area (Å²) >= 11 is 0. The van der Waals surface area contributed by atoms with Crippen LogP contribution in [0.1, 0.15) is 53.9 Å². The quantitative estimate of drug-likeness (QED) is 0.657. The molecule has 0 unspecified atom stereocenters. The zero-order valence-electron chi connectivity index (χ0n) is 11.5. The molecule has 1 amide bonds. The number of unbranched alkanes of at least 4 members (excludes halogenated alkanes) is 1. The Labute approximate surface area is 100 Å². The largest absolute Gasteiger partial charge is 0.355 e. The summed E-state index contributed by atoms with van der Waals surface area (Å²) < 4.78 is 0. The average Bonchev–Trinajstić information content (AvgIpc) is 2.12. The molecule has 0 saturated heterocycles. The van der Waals surface area contributed by atoms with Crippen molar-refractivity contribution < 1.29 is 4.79 Å². The molecule has 0 aromatic rings. The van der Waals surface area contributed by atoms with Gasteiger partial charge in [-0.3, -0.25) is 4.79 Å². The highest BCUT2D eigenvalue weighted by Crippen LogP contribution is 2.20. The van der Waals surface area contributed by atoms with Gasteiger partial charge < -0.3 is 10.6 Å². The first-order valence-electron chi connectivity index (χ1n) is 6.31. The molecule has 96 valence electrons. The summed E-state index contributed by atoms with van der Waals surface area (Å²) in [7, 11) is 0. The van der Waals surface area contributed by atoms with Crippen LogP contribution in [0.5, 0.6) is 0 Å². The Hall–Kier alpha value is -0.570. The van der Waals surface area contributed by atoms with Crippen LogP contribution in [0.15, 0.2) is 0 Å². The van der Waals surface area contributed by atoms with Crippen molar-refractivity contribution in [1.29, 1.82) is 0 Å². The number of carbonyl (C=O) groups excluding carboxylic acids is 1. The average molecular weight is 228 g/mol. The predicted octanol–water partition coefficient (Wildman–Crippen LogP) is 2.32. The van der Waals surface area contributed by atoms with Gasteiger partial charge in [-0.15, -0.1) is 0 Å². The summed E-state index contributed by atoms with van der Waals surface area (Å²) in [5.74, 6) is 0.101. The van der Waals surface area contributed by atoms with Gasteiger partial charge in [0.25, 0.3) is 0 Å². The molecule has 0 radical (unpaired) electrons. The SMILES string of the molecule is CC(C)NCC(=O)NCCCCC(C)(C)C. The van der Waals surface area contributed by atoms with Gasteiger partial charge in [0.05, 0.1) is 6.54 Å². The molecule has 0 aliphatic heterocycles. The minimum atomic E-state index is 0.101. The summed E-state index contributed by atoms with van der Waals surface area (Å²) in [6.07, 6.45) is 3.47. The maximum Gasteiger partial charge on any atom is 0.233 e. The van der Waals surface area contributed by atoms with Crippen LogP contribution < -0.4 is 10.6 Å². The fraction of sp³-hybridized carbons (Fsp3) is 0.923. The molecule has 0 spiro atoms. The van der Waals surface area contributed by atoms with E-state index in [9.17, 15) is 4.79 Å². The monoisotopic (exact) mass is 228 g/mol. The molecule has 0 aliphatic rings. The van der Waals surface area contributed by atoms with E-state index in [1.165, 1.54) is 12.8 Å². The fourth-order valence-corrected chi connectivity index (χ4v) is 1.37. The van der Waals surface area contributed by atoms with Crippen molar-refractivity contribution in [2.45, 2.75) is 59.9 Å². The van der Waals surface area contributed by atoms with Crippen LogP contribution in [0.25, 0.3) is 0 Å². The molecule has 16 heavy (non-hydrogen) atoms. The predicted molar refractivity (Wildman–Crippen MR) is 69.5 cm³/mol. The zero-order chi connectivity index (χ0) is 12.6. The Morgan fingerprint density at radius 1 is 1.19 bits per heavy atom. The minimum Gasteiger partial charge on any atom is -0.355 e. The zero-order valence-corrected chi connectivity index (χ0v) is 11.5. The first-order valence-corrected chi connectivity index (χ1v) is 6.31. The van der Waals surface area contributed by atoms with Gasteiger partial charge in [-0.05, 0) is 18.3 Å². The standard InChI is InChI=1S/C13H28N2O/c1-11(2)15-10-12(16)14-9-7-6-8-13(3,4)5/h11,15H,6-10H2,1-5H3,(H,14,16). The molecule has 0 heterocycles. The maximum absolute atomic E-state index is 11.3. The molecule has 0 rings (SSSR count). The van der Waals surface area contributed by atoms with E-state index in [0.717, 1.165) is 13.0 Å². The van der Waals surface area contributed by atoms with Crippen molar-refractivity contribution in [3.63, 3.8) is 0 Å². The van der Waals surface area contributed by atoms with Crippen molar-refractivity contribution in [2.24, 2.45) is 5.41 Å². The topological polar surface area (TPSA) is 41.1 Å². The van der Waals surface area contributed by atoms with Crippen molar-refractivity contribution in [3.8, 4) is 0 Å². The van der Waals surface area contributed by atoms with E-state index in [4.69, 9.17) is 0 Å². The van der Waals surface area contributed by atoms with Gasteiger partial charge in [-0.25, -0.2) is 0 Å². The Balaban J connectivity index is 3.35. The molecular formula is C13H28N2O. The van der Waals surface area contributed by atoms with Gasteiger partial charge in [0.1, 0.15) is 0 Å². The second-order valence-electron chi connectivity index (χ2n) is 5.90. The molecule has 3 nitrogen and oxygen atoms in total. The van der Waals surface area contributed by atoms with Gasteiger partial charge in [0, 0.05) is 12.6 Å². The summed E-state index contributed by atoms with van der Waals surface area (Å²) in [6.45, 7) is 12.0. The second kappa shape index (κ2) is 7.66. The summed E-state index contributed by atoms with van der Waals surface area (Å²) in [6, 6.07) is 0.367. The third-order valence-corrected chi connectivity index (χ3v) is 2.35. The third kappa shape index (κ3) is 11.5. The molecule has 3 heteroatoms. The summed E-state index contributed by atoms with van der Waals surface area (Å²) in [4.78, 5) is 11.3. The molecular weight excluding hydrogens is 200 g/mol. The van der Waals surface area contributed by atoms with E-state index in [0.29, 0.717) is 18.0 Å². The molecule has 0 fully saturated rings. The summed E-state index contributed by atoms with van der Waals surface area (Å²) in [5, 5.41) is 6.02. The maximum atomic E-state index is 11.3. The summed E-state index contributed by atoms with van der Waals surface area (Å²) in [5.41, 5.74) is 0.406. The Morgan fingerprint density at radius 2 is 1.81 bits per heavy atom. The number of hydrogen-bond acceptors (Lipinski definition) is 2. The normalized spacial score (nSPS) is 11.9. The minimum absolute atomic E-state index is 0.101. The number of amides is 1. The molecule has 2 N–H and O–H groups in total. The van der Waals surface area contributed by atoms with Crippen LogP contribution in [-0.2, 0) is 4.79 Å². The van der Waals surface area contributed by atoms with Crippen LogP contribution in [0, 0.1) is 5.41 Å². The van der Waals surface area contributed by atoms with E-state index in [-0.39, 0.29) is 5.91 Å². The van der Waals surface area contributed by atoms with Crippen molar-refractivity contribution in [1.82, 2.24) is 10.6 Å². The van der Waals surface area contributed by atoms with Crippen LogP contribution in [-0.4, -0.2) is 25.0 Å². The van der Waals surface area contributed by atoms with Gasteiger partial charge in [0.2, 0.25) is 5.91 Å². The number of carbonyl (C=O) groups is 1. The lowest BCUT2D eigenvalue weighted by Crippen LogP contribution is -2.37. The van der Waals surface area contributed by atoms with Crippen LogP contribution in [0.2, 0.25) is 0 Å². The van der Waals surface area contributed by atoms with Crippen molar-refractivity contribution in [2.75, 3.05) is 13.1 Å². The highest BCUT2D eigenvalue weighted by Gasteiger charge is 2.09. The molecule has 0 aliphatic carbocycles. The van der Waals surface area contributed by atoms with Gasteiger partial charge in [-0.2, -0.15) is 0 Å². The highest BCUT2D eigenvalue weighted by molar-refractivity contribution is 5.77. The first kappa shape index (κ1) is 15.4.